The van der Waals surface area contributed by atoms with Gasteiger partial charge in [-0.25, -0.2) is 0 Å². The van der Waals surface area contributed by atoms with E-state index in [2.05, 4.69) is 5.32 Å². The molecule has 0 saturated carbocycles. The van der Waals surface area contributed by atoms with Crippen molar-refractivity contribution in [3.8, 4) is 11.5 Å². The third-order valence-corrected chi connectivity index (χ3v) is 3.05. The fourth-order valence-electron chi connectivity index (χ4n) is 1.99. The fourth-order valence-corrected chi connectivity index (χ4v) is 1.99. The number of nitrogens with one attached hydrogen (secondary N) is 1. The summed E-state index contributed by atoms with van der Waals surface area (Å²) in [5.41, 5.74) is 6.99. The Morgan fingerprint density at radius 1 is 1.14 bits per heavy atom. The summed E-state index contributed by atoms with van der Waals surface area (Å²) < 4.78 is 10.8. The van der Waals surface area contributed by atoms with Crippen LogP contribution < -0.4 is 20.5 Å². The molecular weight excluding hydrogens is 280 g/mol. The van der Waals surface area contributed by atoms with Crippen molar-refractivity contribution in [1.82, 2.24) is 0 Å². The Bertz CT molecular complexity index is 629. The maximum absolute atomic E-state index is 11.8. The van der Waals surface area contributed by atoms with Crippen LogP contribution in [0.5, 0.6) is 11.5 Å². The lowest BCUT2D eigenvalue weighted by atomic mass is 10.2. The van der Waals surface area contributed by atoms with Crippen LogP contribution in [0.3, 0.4) is 0 Å². The van der Waals surface area contributed by atoms with Crippen molar-refractivity contribution < 1.29 is 14.3 Å². The van der Waals surface area contributed by atoms with Crippen LogP contribution in [0.4, 0.5) is 11.4 Å². The summed E-state index contributed by atoms with van der Waals surface area (Å²) in [5.74, 6) is 1.31. The highest BCUT2D eigenvalue weighted by atomic mass is 16.5. The van der Waals surface area contributed by atoms with Crippen molar-refractivity contribution in [1.29, 1.82) is 0 Å². The van der Waals surface area contributed by atoms with E-state index in [1.807, 2.05) is 24.3 Å². The van der Waals surface area contributed by atoms with Gasteiger partial charge in [0, 0.05) is 17.8 Å². The fraction of sp³-hybridized carbons (Fsp3) is 0.235. The summed E-state index contributed by atoms with van der Waals surface area (Å²) >= 11 is 0. The van der Waals surface area contributed by atoms with Crippen LogP contribution in [0.25, 0.3) is 0 Å². The van der Waals surface area contributed by atoms with E-state index >= 15 is 0 Å². The lowest BCUT2D eigenvalue weighted by molar-refractivity contribution is -0.116. The SMILES string of the molecule is COc1ccccc1OCCCC(=O)Nc1cccc(N)c1. The number of hydrogen-bond donors (Lipinski definition) is 2. The molecule has 0 unspecified atom stereocenters. The molecule has 0 aliphatic rings. The minimum absolute atomic E-state index is 0.0609. The molecule has 2 rings (SSSR count). The second-order valence-electron chi connectivity index (χ2n) is 4.78. The molecular formula is C17H20N2O3. The molecule has 0 aromatic heterocycles. The van der Waals surface area contributed by atoms with Gasteiger partial charge in [0.1, 0.15) is 0 Å². The number of ether oxygens (including phenoxy) is 2. The summed E-state index contributed by atoms with van der Waals surface area (Å²) in [7, 11) is 1.60. The van der Waals surface area contributed by atoms with Crippen molar-refractivity contribution in [2.24, 2.45) is 0 Å². The minimum atomic E-state index is -0.0609. The maximum Gasteiger partial charge on any atom is 0.224 e. The van der Waals surface area contributed by atoms with Gasteiger partial charge in [0.15, 0.2) is 11.5 Å². The van der Waals surface area contributed by atoms with Crippen LogP contribution in [0.2, 0.25) is 0 Å². The number of carbonyl (C=O) groups is 1. The van der Waals surface area contributed by atoms with Gasteiger partial charge in [0.2, 0.25) is 5.91 Å². The predicted octanol–water partition coefficient (Wildman–Crippen LogP) is 3.08. The van der Waals surface area contributed by atoms with Gasteiger partial charge in [-0.2, -0.15) is 0 Å². The maximum atomic E-state index is 11.8. The number of para-hydroxylation sites is 2. The molecule has 3 N–H and O–H groups in total. The van der Waals surface area contributed by atoms with Crippen LogP contribution in [0.1, 0.15) is 12.8 Å². The Kier molecular flexibility index (Phi) is 5.65. The Morgan fingerprint density at radius 2 is 1.91 bits per heavy atom. The zero-order valence-electron chi connectivity index (χ0n) is 12.5. The van der Waals surface area contributed by atoms with E-state index in [9.17, 15) is 4.79 Å². The van der Waals surface area contributed by atoms with E-state index in [4.69, 9.17) is 15.2 Å². The lowest BCUT2D eigenvalue weighted by Crippen LogP contribution is -2.13. The normalized spacial score (nSPS) is 10.0. The highest BCUT2D eigenvalue weighted by Gasteiger charge is 2.05. The summed E-state index contributed by atoms with van der Waals surface area (Å²) in [4.78, 5) is 11.8. The van der Waals surface area contributed by atoms with Gasteiger partial charge in [-0.15, -0.1) is 0 Å². The molecule has 0 spiro atoms. The number of nitrogens with two attached hydrogens (primary N) is 1. The smallest absolute Gasteiger partial charge is 0.224 e. The third-order valence-electron chi connectivity index (χ3n) is 3.05. The van der Waals surface area contributed by atoms with E-state index in [0.29, 0.717) is 42.3 Å². The molecule has 5 nitrogen and oxygen atoms in total. The third kappa shape index (κ3) is 4.70. The number of amides is 1. The van der Waals surface area contributed by atoms with Crippen molar-refractivity contribution in [2.45, 2.75) is 12.8 Å². The lowest BCUT2D eigenvalue weighted by Gasteiger charge is -2.10. The number of carbonyl (C=O) groups excluding carboxylic acids is 1. The van der Waals surface area contributed by atoms with E-state index in [-0.39, 0.29) is 5.91 Å². The first kappa shape index (κ1) is 15.7. The van der Waals surface area contributed by atoms with E-state index in [1.54, 1.807) is 31.4 Å². The molecule has 0 heterocycles. The zero-order chi connectivity index (χ0) is 15.8. The molecule has 0 aliphatic heterocycles. The molecule has 0 fully saturated rings. The minimum Gasteiger partial charge on any atom is -0.493 e. The molecule has 0 radical (unpaired) electrons. The molecule has 0 aliphatic carbocycles. The Balaban J connectivity index is 1.73. The zero-order valence-corrected chi connectivity index (χ0v) is 12.5. The highest BCUT2D eigenvalue weighted by Crippen LogP contribution is 2.25. The molecule has 0 bridgehead atoms. The molecule has 5 heteroatoms. The first-order valence-corrected chi connectivity index (χ1v) is 7.10. The van der Waals surface area contributed by atoms with Crippen molar-refractivity contribution in [3.05, 3.63) is 48.5 Å². The number of benzene rings is 2. The van der Waals surface area contributed by atoms with Gasteiger partial charge in [0.25, 0.3) is 0 Å². The average molecular weight is 300 g/mol. The molecule has 0 saturated heterocycles. The predicted molar refractivity (Wildman–Crippen MR) is 87.2 cm³/mol. The average Bonchev–Trinajstić information content (AvgIpc) is 2.52. The van der Waals surface area contributed by atoms with E-state index in [1.165, 1.54) is 0 Å². The van der Waals surface area contributed by atoms with Gasteiger partial charge in [-0.1, -0.05) is 18.2 Å². The highest BCUT2D eigenvalue weighted by molar-refractivity contribution is 5.91. The van der Waals surface area contributed by atoms with Crippen LogP contribution in [0.15, 0.2) is 48.5 Å². The first-order chi connectivity index (χ1) is 10.7. The number of rotatable bonds is 7. The van der Waals surface area contributed by atoms with Gasteiger partial charge in [0.05, 0.1) is 13.7 Å². The van der Waals surface area contributed by atoms with E-state index in [0.717, 1.165) is 0 Å². The second-order valence-corrected chi connectivity index (χ2v) is 4.78. The van der Waals surface area contributed by atoms with Crippen LogP contribution in [0, 0.1) is 0 Å². The van der Waals surface area contributed by atoms with Crippen LogP contribution in [-0.4, -0.2) is 19.6 Å². The quantitative estimate of drug-likeness (QED) is 0.609. The number of methoxy groups -OCH3 is 1. The molecule has 2 aromatic rings. The molecule has 116 valence electrons. The summed E-state index contributed by atoms with van der Waals surface area (Å²) in [6, 6.07) is 14.5. The topological polar surface area (TPSA) is 73.6 Å². The van der Waals surface area contributed by atoms with Gasteiger partial charge < -0.3 is 20.5 Å². The second kappa shape index (κ2) is 7.93. The van der Waals surface area contributed by atoms with Crippen molar-refractivity contribution in [2.75, 3.05) is 24.8 Å². The Hall–Kier alpha value is -2.69. The summed E-state index contributed by atoms with van der Waals surface area (Å²) in [6.07, 6.45) is 0.996. The largest absolute Gasteiger partial charge is 0.493 e. The monoisotopic (exact) mass is 300 g/mol. The van der Waals surface area contributed by atoms with Crippen LogP contribution in [-0.2, 0) is 4.79 Å². The van der Waals surface area contributed by atoms with Gasteiger partial charge in [-0.3, -0.25) is 4.79 Å². The van der Waals surface area contributed by atoms with Crippen LogP contribution >= 0.6 is 0 Å². The Morgan fingerprint density at radius 3 is 2.64 bits per heavy atom. The summed E-state index contributed by atoms with van der Waals surface area (Å²) in [6.45, 7) is 0.449. The van der Waals surface area contributed by atoms with Gasteiger partial charge >= 0.3 is 0 Å². The van der Waals surface area contributed by atoms with Gasteiger partial charge in [-0.05, 0) is 36.8 Å². The molecule has 1 amide bonds. The molecule has 2 aromatic carbocycles. The van der Waals surface area contributed by atoms with Crippen molar-refractivity contribution in [3.63, 3.8) is 0 Å². The Labute approximate surface area is 130 Å². The number of anilines is 2. The first-order valence-electron chi connectivity index (χ1n) is 7.10. The number of hydrogen-bond acceptors (Lipinski definition) is 4. The van der Waals surface area contributed by atoms with Crippen molar-refractivity contribution >= 4 is 17.3 Å². The number of nitrogen functional groups attached to an aromatic ring is 1. The van der Waals surface area contributed by atoms with E-state index < -0.39 is 0 Å². The standard InChI is InChI=1S/C17H20N2O3/c1-21-15-8-2-3-9-16(15)22-11-5-10-17(20)19-14-7-4-6-13(18)12-14/h2-4,6-9,12H,5,10-11,18H2,1H3,(H,19,20). The molecule has 0 atom stereocenters. The molecule has 22 heavy (non-hydrogen) atoms. The summed E-state index contributed by atoms with van der Waals surface area (Å²) in [5, 5.41) is 2.80.